The Morgan fingerprint density at radius 1 is 0.750 bits per heavy atom. The van der Waals surface area contributed by atoms with Crippen LogP contribution >= 0.6 is 0 Å². The number of nitrogens with one attached hydrogen (secondary N) is 5. The van der Waals surface area contributed by atoms with Gasteiger partial charge in [0.1, 0.15) is 30.2 Å². The summed E-state index contributed by atoms with van der Waals surface area (Å²) in [5.41, 5.74) is 6.08. The second-order valence-corrected chi connectivity index (χ2v) is 10.7. The summed E-state index contributed by atoms with van der Waals surface area (Å²) in [5, 5.41) is 40.7. The highest BCUT2D eigenvalue weighted by Crippen LogP contribution is 2.07. The Kier molecular flexibility index (Phi) is 15.5. The zero-order valence-corrected chi connectivity index (χ0v) is 25.0. The lowest BCUT2D eigenvalue weighted by atomic mass is 10.0. The summed E-state index contributed by atoms with van der Waals surface area (Å²) >= 11 is 0. The van der Waals surface area contributed by atoms with Gasteiger partial charge in [-0.15, -0.1) is 0 Å². The molecule has 0 heterocycles. The van der Waals surface area contributed by atoms with Crippen molar-refractivity contribution in [1.29, 1.82) is 0 Å². The van der Waals surface area contributed by atoms with Crippen LogP contribution in [0.15, 0.2) is 30.3 Å². The normalized spacial score (nSPS) is 15.0. The third-order valence-electron chi connectivity index (χ3n) is 6.23. The number of benzene rings is 1. The zero-order chi connectivity index (χ0) is 33.6. The molecule has 16 heteroatoms. The highest BCUT2D eigenvalue weighted by atomic mass is 16.4. The van der Waals surface area contributed by atoms with Gasteiger partial charge in [0.05, 0.1) is 19.1 Å². The van der Waals surface area contributed by atoms with Crippen LogP contribution in [0, 0.1) is 5.92 Å². The van der Waals surface area contributed by atoms with E-state index in [1.807, 2.05) is 0 Å². The van der Waals surface area contributed by atoms with Crippen molar-refractivity contribution < 1.29 is 48.9 Å². The van der Waals surface area contributed by atoms with Gasteiger partial charge in [0.2, 0.25) is 35.4 Å². The fourth-order valence-corrected chi connectivity index (χ4v) is 4.06. The minimum Gasteiger partial charge on any atom is -0.481 e. The average Bonchev–Trinajstić information content (AvgIpc) is 2.92. The van der Waals surface area contributed by atoms with Crippen molar-refractivity contribution in [3.8, 4) is 0 Å². The van der Waals surface area contributed by atoms with Crippen molar-refractivity contribution in [3.05, 3.63) is 35.9 Å². The third kappa shape index (κ3) is 13.2. The van der Waals surface area contributed by atoms with Crippen LogP contribution in [0.4, 0.5) is 0 Å². The van der Waals surface area contributed by atoms with E-state index in [4.69, 9.17) is 5.73 Å². The summed E-state index contributed by atoms with van der Waals surface area (Å²) in [5.74, 6) is -7.06. The number of aliphatic carboxylic acids is 1. The van der Waals surface area contributed by atoms with E-state index in [1.165, 1.54) is 6.92 Å². The number of amides is 6. The summed E-state index contributed by atoms with van der Waals surface area (Å²) < 4.78 is 0. The molecule has 0 saturated heterocycles. The quantitative estimate of drug-likeness (QED) is 0.0803. The maximum absolute atomic E-state index is 13.0. The van der Waals surface area contributed by atoms with E-state index in [9.17, 15) is 48.9 Å². The Labute approximate surface area is 254 Å². The minimum atomic E-state index is -1.77. The van der Waals surface area contributed by atoms with E-state index >= 15 is 0 Å². The summed E-state index contributed by atoms with van der Waals surface area (Å²) in [6.45, 7) is 4.94. The van der Waals surface area contributed by atoms with Crippen molar-refractivity contribution in [2.24, 2.45) is 11.7 Å². The van der Waals surface area contributed by atoms with Gasteiger partial charge in [-0.25, -0.2) is 0 Å². The lowest BCUT2D eigenvalue weighted by molar-refractivity contribution is -0.142. The molecule has 0 fully saturated rings. The van der Waals surface area contributed by atoms with Gasteiger partial charge in [0.15, 0.2) is 0 Å². The molecule has 1 aromatic carbocycles. The monoisotopic (exact) mass is 622 g/mol. The highest BCUT2D eigenvalue weighted by Gasteiger charge is 2.34. The molecule has 1 aromatic rings. The first kappa shape index (κ1) is 37.5. The lowest BCUT2D eigenvalue weighted by Crippen LogP contribution is -2.62. The van der Waals surface area contributed by atoms with Crippen LogP contribution in [0.2, 0.25) is 0 Å². The molecule has 0 aromatic heterocycles. The molecule has 0 unspecified atom stereocenters. The van der Waals surface area contributed by atoms with Crippen molar-refractivity contribution in [3.63, 3.8) is 0 Å². The van der Waals surface area contributed by atoms with E-state index in [-0.39, 0.29) is 18.8 Å². The summed E-state index contributed by atoms with van der Waals surface area (Å²) in [4.78, 5) is 86.6. The van der Waals surface area contributed by atoms with Crippen molar-refractivity contribution in [2.75, 3.05) is 6.61 Å². The molecule has 0 aliphatic rings. The average molecular weight is 623 g/mol. The molecule has 0 bridgehead atoms. The highest BCUT2D eigenvalue weighted by molar-refractivity contribution is 5.97. The smallest absolute Gasteiger partial charge is 0.305 e. The number of carboxylic acid groups (broad SMARTS) is 1. The van der Waals surface area contributed by atoms with Gasteiger partial charge in [0.25, 0.3) is 0 Å². The number of aliphatic hydroxyl groups excluding tert-OH is 2. The Morgan fingerprint density at radius 2 is 1.27 bits per heavy atom. The zero-order valence-electron chi connectivity index (χ0n) is 25.0. The third-order valence-corrected chi connectivity index (χ3v) is 6.23. The molecule has 0 spiro atoms. The van der Waals surface area contributed by atoms with E-state index < -0.39 is 90.8 Å². The topological polar surface area (TPSA) is 266 Å². The summed E-state index contributed by atoms with van der Waals surface area (Å²) in [6, 6.07) is 1.20. The lowest BCUT2D eigenvalue weighted by Gasteiger charge is -2.27. The predicted octanol–water partition coefficient (Wildman–Crippen LogP) is -2.95. The number of hydrogen-bond acceptors (Lipinski definition) is 9. The Bertz CT molecular complexity index is 1180. The molecule has 10 N–H and O–H groups in total. The Hall–Kier alpha value is -4.57. The van der Waals surface area contributed by atoms with E-state index in [2.05, 4.69) is 26.6 Å². The maximum Gasteiger partial charge on any atom is 0.305 e. The molecule has 44 heavy (non-hydrogen) atoms. The SMILES string of the molecule is CC(=O)N[C@@H](CC(C)C)C(=O)N[C@@H](CC(=O)O)C(=O)N[C@H](C(=O)N[C@@H](CO)C(=O)N[C@@H](Cc1ccccc1)C(N)=O)[C@@H](C)O. The molecule has 0 aliphatic carbocycles. The Balaban J connectivity index is 3.04. The maximum atomic E-state index is 13.0. The first-order valence-corrected chi connectivity index (χ1v) is 13.9. The first-order chi connectivity index (χ1) is 20.5. The van der Waals surface area contributed by atoms with E-state index in [1.54, 1.807) is 44.2 Å². The van der Waals surface area contributed by atoms with Crippen molar-refractivity contribution in [1.82, 2.24) is 26.6 Å². The number of aliphatic hydroxyl groups is 2. The standard InChI is InChI=1S/C28H42N6O10/c1-14(2)10-19(30-16(4)37)25(41)32-20(12-22(38)39)26(42)34-23(15(3)36)28(44)33-21(13-35)27(43)31-18(24(29)40)11-17-8-6-5-7-9-17/h5-9,14-15,18-21,23,35-36H,10-13H2,1-4H3,(H2,29,40)(H,30,37)(H,31,43)(H,32,41)(H,33,44)(H,34,42)(H,38,39)/t15-,18+,19+,20+,21+,23+/m1/s1. The van der Waals surface area contributed by atoms with Crippen LogP contribution in [0.5, 0.6) is 0 Å². The molecule has 1 rings (SSSR count). The Morgan fingerprint density at radius 3 is 1.75 bits per heavy atom. The van der Waals surface area contributed by atoms with Crippen LogP contribution in [0.3, 0.4) is 0 Å². The van der Waals surface area contributed by atoms with Crippen LogP contribution in [-0.2, 0) is 40.0 Å². The molecule has 0 saturated carbocycles. The van der Waals surface area contributed by atoms with Gasteiger partial charge in [-0.1, -0.05) is 44.2 Å². The van der Waals surface area contributed by atoms with E-state index in [0.29, 0.717) is 5.56 Å². The molecular formula is C28H42N6O10. The minimum absolute atomic E-state index is 0.0248. The van der Waals surface area contributed by atoms with Crippen LogP contribution < -0.4 is 32.3 Å². The first-order valence-electron chi connectivity index (χ1n) is 13.9. The number of carbonyl (C=O) groups is 7. The molecule has 6 amide bonds. The summed E-state index contributed by atoms with van der Waals surface area (Å²) in [7, 11) is 0. The number of carboxylic acids is 1. The molecule has 6 atom stereocenters. The fraction of sp³-hybridized carbons (Fsp3) is 0.536. The summed E-state index contributed by atoms with van der Waals surface area (Å²) in [6.07, 6.45) is -2.29. The van der Waals surface area contributed by atoms with Crippen molar-refractivity contribution >= 4 is 41.4 Å². The molecule has 244 valence electrons. The number of carbonyl (C=O) groups excluding carboxylic acids is 6. The van der Waals surface area contributed by atoms with E-state index in [0.717, 1.165) is 6.92 Å². The molecule has 0 radical (unpaired) electrons. The largest absolute Gasteiger partial charge is 0.481 e. The van der Waals surface area contributed by atoms with Crippen molar-refractivity contribution in [2.45, 2.75) is 83.3 Å². The van der Waals surface area contributed by atoms with Gasteiger partial charge < -0.3 is 47.6 Å². The molecule has 0 aliphatic heterocycles. The van der Waals surface area contributed by atoms with Crippen LogP contribution in [0.25, 0.3) is 0 Å². The second kappa shape index (κ2) is 18.2. The predicted molar refractivity (Wildman–Crippen MR) is 155 cm³/mol. The van der Waals surface area contributed by atoms with Gasteiger partial charge in [-0.3, -0.25) is 33.6 Å². The van der Waals surface area contributed by atoms with Gasteiger partial charge in [-0.05, 0) is 24.8 Å². The van der Waals surface area contributed by atoms with Crippen LogP contribution in [0.1, 0.15) is 46.1 Å². The second-order valence-electron chi connectivity index (χ2n) is 10.7. The number of rotatable bonds is 18. The van der Waals surface area contributed by atoms with Crippen LogP contribution in [-0.4, -0.2) is 99.7 Å². The van der Waals surface area contributed by atoms with Gasteiger partial charge in [-0.2, -0.15) is 0 Å². The number of primary amides is 1. The van der Waals surface area contributed by atoms with Gasteiger partial charge in [0, 0.05) is 13.3 Å². The van der Waals surface area contributed by atoms with Gasteiger partial charge >= 0.3 is 5.97 Å². The number of hydrogen-bond donors (Lipinski definition) is 9. The fourth-order valence-electron chi connectivity index (χ4n) is 4.06. The molecular weight excluding hydrogens is 580 g/mol. The molecule has 16 nitrogen and oxygen atoms in total. The number of nitrogens with two attached hydrogens (primary N) is 1.